The largest absolute Gasteiger partial charge is 0.465 e. The lowest BCUT2D eigenvalue weighted by Gasteiger charge is -2.02. The summed E-state index contributed by atoms with van der Waals surface area (Å²) < 4.78 is 15.1. The average molecular weight is 299 g/mol. The number of nitrogens with zero attached hydrogens (tertiary/aromatic N) is 1. The van der Waals surface area contributed by atoms with Gasteiger partial charge in [0.15, 0.2) is 0 Å². The van der Waals surface area contributed by atoms with E-state index in [-0.39, 0.29) is 12.2 Å². The third kappa shape index (κ3) is 3.33. The van der Waals surface area contributed by atoms with Crippen LogP contribution in [0.4, 0.5) is 0 Å². The van der Waals surface area contributed by atoms with Gasteiger partial charge < -0.3 is 13.9 Å². The van der Waals surface area contributed by atoms with Crippen LogP contribution in [0.1, 0.15) is 37.8 Å². The molecular weight excluding hydrogens is 286 g/mol. The molecule has 1 aromatic carbocycles. The lowest BCUT2D eigenvalue weighted by Crippen LogP contribution is -2.05. The molecule has 6 nitrogen and oxygen atoms in total. The Hall–Kier alpha value is -3.07. The smallest absolute Gasteiger partial charge is 0.341 e. The maximum absolute atomic E-state index is 11.9. The van der Waals surface area contributed by atoms with Gasteiger partial charge in [0.2, 0.25) is 0 Å². The summed E-state index contributed by atoms with van der Waals surface area (Å²) in [7, 11) is 1.27. The molecule has 112 valence electrons. The summed E-state index contributed by atoms with van der Waals surface area (Å²) in [6.07, 6.45) is 0. The summed E-state index contributed by atoms with van der Waals surface area (Å²) in [6.45, 7) is 1.50. The van der Waals surface area contributed by atoms with Gasteiger partial charge in [0.05, 0.1) is 24.3 Å². The molecule has 1 aromatic heterocycles. The number of ether oxygens (including phenoxy) is 2. The van der Waals surface area contributed by atoms with E-state index >= 15 is 0 Å². The molecule has 1 heterocycles. The Kier molecular flexibility index (Phi) is 4.59. The van der Waals surface area contributed by atoms with Crippen LogP contribution in [0.15, 0.2) is 34.7 Å². The van der Waals surface area contributed by atoms with Crippen molar-refractivity contribution in [3.05, 3.63) is 58.5 Å². The molecule has 0 aliphatic heterocycles. The summed E-state index contributed by atoms with van der Waals surface area (Å²) in [5.74, 6) is -0.363. The van der Waals surface area contributed by atoms with Crippen LogP contribution in [0.3, 0.4) is 0 Å². The van der Waals surface area contributed by atoms with E-state index in [9.17, 15) is 9.59 Å². The molecule has 0 unspecified atom stereocenters. The van der Waals surface area contributed by atoms with E-state index in [4.69, 9.17) is 14.4 Å². The monoisotopic (exact) mass is 299 g/mol. The fraction of sp³-hybridized carbons (Fsp3) is 0.188. The van der Waals surface area contributed by atoms with Gasteiger partial charge in [0.25, 0.3) is 0 Å². The van der Waals surface area contributed by atoms with E-state index in [2.05, 4.69) is 4.74 Å². The van der Waals surface area contributed by atoms with Crippen LogP contribution in [-0.4, -0.2) is 19.0 Å². The van der Waals surface area contributed by atoms with Crippen LogP contribution in [0, 0.1) is 18.3 Å². The topological polar surface area (TPSA) is 89.5 Å². The second kappa shape index (κ2) is 6.59. The normalized spacial score (nSPS) is 9.86. The maximum atomic E-state index is 11.9. The van der Waals surface area contributed by atoms with Crippen LogP contribution in [0.25, 0.3) is 0 Å². The van der Waals surface area contributed by atoms with Crippen LogP contribution < -0.4 is 0 Å². The quantitative estimate of drug-likeness (QED) is 0.806. The lowest BCUT2D eigenvalue weighted by molar-refractivity contribution is 0.0444. The molecule has 0 fully saturated rings. The minimum atomic E-state index is -0.578. The summed E-state index contributed by atoms with van der Waals surface area (Å²) in [4.78, 5) is 23.4. The average Bonchev–Trinajstić information content (AvgIpc) is 2.92. The SMILES string of the molecule is COC(=O)c1cc(COC(=O)c2cccc(C#N)c2)oc1C. The van der Waals surface area contributed by atoms with E-state index in [1.165, 1.54) is 19.2 Å². The Morgan fingerprint density at radius 2 is 2.05 bits per heavy atom. The number of benzene rings is 1. The first-order valence-corrected chi connectivity index (χ1v) is 6.40. The molecule has 0 radical (unpaired) electrons. The molecule has 0 N–H and O–H groups in total. The second-order valence-corrected chi connectivity index (χ2v) is 4.44. The zero-order valence-electron chi connectivity index (χ0n) is 12.1. The van der Waals surface area contributed by atoms with Gasteiger partial charge in [-0.15, -0.1) is 0 Å². The second-order valence-electron chi connectivity index (χ2n) is 4.44. The molecule has 0 bridgehead atoms. The fourth-order valence-corrected chi connectivity index (χ4v) is 1.86. The van der Waals surface area contributed by atoms with Crippen LogP contribution >= 0.6 is 0 Å². The van der Waals surface area contributed by atoms with Crippen molar-refractivity contribution in [2.45, 2.75) is 13.5 Å². The molecule has 0 saturated carbocycles. The maximum Gasteiger partial charge on any atom is 0.341 e. The van der Waals surface area contributed by atoms with Gasteiger partial charge in [0, 0.05) is 0 Å². The van der Waals surface area contributed by atoms with Crippen molar-refractivity contribution in [3.8, 4) is 6.07 Å². The number of methoxy groups -OCH3 is 1. The highest BCUT2D eigenvalue weighted by Gasteiger charge is 2.16. The third-order valence-corrected chi connectivity index (χ3v) is 2.95. The van der Waals surface area contributed by atoms with E-state index in [1.54, 1.807) is 25.1 Å². The van der Waals surface area contributed by atoms with Crippen molar-refractivity contribution in [2.24, 2.45) is 0 Å². The van der Waals surface area contributed by atoms with Crippen LogP contribution in [0.5, 0.6) is 0 Å². The molecule has 0 saturated heterocycles. The molecule has 0 aliphatic carbocycles. The zero-order valence-corrected chi connectivity index (χ0v) is 12.1. The minimum Gasteiger partial charge on any atom is -0.465 e. The number of carbonyl (C=O) groups excluding carboxylic acids is 2. The highest BCUT2D eigenvalue weighted by molar-refractivity contribution is 5.91. The fourth-order valence-electron chi connectivity index (χ4n) is 1.86. The Morgan fingerprint density at radius 1 is 1.27 bits per heavy atom. The standard InChI is InChI=1S/C16H13NO5/c1-10-14(16(19)20-2)7-13(22-10)9-21-15(18)12-5-3-4-11(6-12)8-17/h3-7H,9H2,1-2H3. The number of hydrogen-bond acceptors (Lipinski definition) is 6. The Labute approximate surface area is 126 Å². The van der Waals surface area contributed by atoms with Crippen LogP contribution in [0.2, 0.25) is 0 Å². The van der Waals surface area contributed by atoms with E-state index in [0.717, 1.165) is 0 Å². The summed E-state index contributed by atoms with van der Waals surface area (Å²) in [5, 5.41) is 8.80. The number of aryl methyl sites for hydroxylation is 1. The molecule has 6 heteroatoms. The number of nitriles is 1. The van der Waals surface area contributed by atoms with Gasteiger partial charge in [-0.25, -0.2) is 9.59 Å². The van der Waals surface area contributed by atoms with E-state index in [1.807, 2.05) is 6.07 Å². The summed E-state index contributed by atoms with van der Waals surface area (Å²) in [6, 6.07) is 9.60. The van der Waals surface area contributed by atoms with E-state index < -0.39 is 11.9 Å². The summed E-state index contributed by atoms with van der Waals surface area (Å²) >= 11 is 0. The van der Waals surface area contributed by atoms with Gasteiger partial charge >= 0.3 is 11.9 Å². The molecule has 22 heavy (non-hydrogen) atoms. The molecule has 2 aromatic rings. The Morgan fingerprint density at radius 3 is 2.73 bits per heavy atom. The highest BCUT2D eigenvalue weighted by atomic mass is 16.5. The first kappa shape index (κ1) is 15.3. The Bertz CT molecular complexity index is 754. The van der Waals surface area contributed by atoms with Crippen molar-refractivity contribution >= 4 is 11.9 Å². The zero-order chi connectivity index (χ0) is 16.1. The number of hydrogen-bond donors (Lipinski definition) is 0. The molecule has 0 amide bonds. The molecule has 0 atom stereocenters. The third-order valence-electron chi connectivity index (χ3n) is 2.95. The molecule has 0 aliphatic rings. The first-order chi connectivity index (χ1) is 10.5. The van der Waals surface area contributed by atoms with Crippen molar-refractivity contribution in [3.63, 3.8) is 0 Å². The van der Waals surface area contributed by atoms with Crippen molar-refractivity contribution in [1.29, 1.82) is 5.26 Å². The Balaban J connectivity index is 2.05. The minimum absolute atomic E-state index is 0.118. The summed E-state index contributed by atoms with van der Waals surface area (Å²) in [5.41, 5.74) is 0.937. The van der Waals surface area contributed by atoms with Gasteiger partial charge in [-0.3, -0.25) is 0 Å². The number of rotatable bonds is 4. The van der Waals surface area contributed by atoms with E-state index in [0.29, 0.717) is 22.6 Å². The number of carbonyl (C=O) groups is 2. The van der Waals surface area contributed by atoms with Crippen molar-refractivity contribution in [1.82, 2.24) is 0 Å². The van der Waals surface area contributed by atoms with Crippen molar-refractivity contribution in [2.75, 3.05) is 7.11 Å². The van der Waals surface area contributed by atoms with Crippen LogP contribution in [-0.2, 0) is 16.1 Å². The van der Waals surface area contributed by atoms with Gasteiger partial charge in [-0.2, -0.15) is 5.26 Å². The van der Waals surface area contributed by atoms with Gasteiger partial charge in [0.1, 0.15) is 23.7 Å². The predicted octanol–water partition coefficient (Wildman–Crippen LogP) is 2.60. The van der Waals surface area contributed by atoms with Gasteiger partial charge in [-0.1, -0.05) is 6.07 Å². The van der Waals surface area contributed by atoms with Gasteiger partial charge in [-0.05, 0) is 31.2 Å². The molecular formula is C16H13NO5. The van der Waals surface area contributed by atoms with Crippen molar-refractivity contribution < 1.29 is 23.5 Å². The highest BCUT2D eigenvalue weighted by Crippen LogP contribution is 2.17. The number of esters is 2. The molecule has 0 spiro atoms. The first-order valence-electron chi connectivity index (χ1n) is 6.40. The lowest BCUT2D eigenvalue weighted by atomic mass is 10.1. The predicted molar refractivity (Wildman–Crippen MR) is 75.1 cm³/mol. The molecule has 2 rings (SSSR count). The number of furan rings is 1.